The zero-order valence-corrected chi connectivity index (χ0v) is 17.2. The lowest BCUT2D eigenvalue weighted by atomic mass is 10.1. The third-order valence-electron chi connectivity index (χ3n) is 4.53. The van der Waals surface area contributed by atoms with E-state index >= 15 is 0 Å². The van der Waals surface area contributed by atoms with E-state index in [2.05, 4.69) is 69.7 Å². The van der Waals surface area contributed by atoms with Gasteiger partial charge in [-0.1, -0.05) is 23.7 Å². The standard InChI is InChI=1S/C21H25ClN6/c1-4-28(5-2)18-10-11-19(15(3)12-18)25-21-26-20(14-24-27-21)23-13-16-6-8-17(22)9-7-16/h6-12,14H,4-5,13H2,1-3H3,(H2,23,25,26,27). The smallest absolute Gasteiger partial charge is 0.249 e. The Hall–Kier alpha value is -2.86. The van der Waals surface area contributed by atoms with Crippen molar-refractivity contribution in [2.24, 2.45) is 0 Å². The van der Waals surface area contributed by atoms with Crippen molar-refractivity contribution in [1.82, 2.24) is 15.2 Å². The van der Waals surface area contributed by atoms with Crippen molar-refractivity contribution in [3.05, 3.63) is 64.8 Å². The molecule has 0 aliphatic carbocycles. The third-order valence-corrected chi connectivity index (χ3v) is 4.78. The van der Waals surface area contributed by atoms with Gasteiger partial charge < -0.3 is 15.5 Å². The van der Waals surface area contributed by atoms with Crippen molar-refractivity contribution in [3.63, 3.8) is 0 Å². The molecule has 6 nitrogen and oxygen atoms in total. The maximum absolute atomic E-state index is 5.92. The molecular formula is C21H25ClN6. The van der Waals surface area contributed by atoms with Crippen LogP contribution in [0, 0.1) is 6.92 Å². The van der Waals surface area contributed by atoms with Gasteiger partial charge in [-0.2, -0.15) is 10.1 Å². The maximum Gasteiger partial charge on any atom is 0.249 e. The van der Waals surface area contributed by atoms with Gasteiger partial charge in [0.15, 0.2) is 5.82 Å². The fourth-order valence-corrected chi connectivity index (χ4v) is 3.06. The summed E-state index contributed by atoms with van der Waals surface area (Å²) in [6.07, 6.45) is 1.61. The zero-order valence-electron chi connectivity index (χ0n) is 16.4. The molecule has 1 heterocycles. The fourth-order valence-electron chi connectivity index (χ4n) is 2.93. The van der Waals surface area contributed by atoms with Crippen LogP contribution in [0.25, 0.3) is 0 Å². The molecule has 0 radical (unpaired) electrons. The van der Waals surface area contributed by atoms with Crippen LogP contribution in [0.4, 0.5) is 23.1 Å². The van der Waals surface area contributed by atoms with Gasteiger partial charge in [0.05, 0.1) is 6.20 Å². The predicted octanol–water partition coefficient (Wildman–Crippen LogP) is 5.04. The third kappa shape index (κ3) is 5.10. The van der Waals surface area contributed by atoms with Crippen LogP contribution in [0.3, 0.4) is 0 Å². The van der Waals surface area contributed by atoms with Gasteiger partial charge in [-0.15, -0.1) is 5.10 Å². The number of nitrogens with one attached hydrogen (secondary N) is 2. The number of aromatic nitrogens is 3. The summed E-state index contributed by atoms with van der Waals surface area (Å²) < 4.78 is 0. The first-order valence-electron chi connectivity index (χ1n) is 9.39. The molecule has 0 aliphatic heterocycles. The minimum atomic E-state index is 0.458. The highest BCUT2D eigenvalue weighted by Gasteiger charge is 2.07. The summed E-state index contributed by atoms with van der Waals surface area (Å²) in [6, 6.07) is 14.0. The molecular weight excluding hydrogens is 372 g/mol. The highest BCUT2D eigenvalue weighted by Crippen LogP contribution is 2.24. The Morgan fingerprint density at radius 3 is 2.46 bits per heavy atom. The van der Waals surface area contributed by atoms with Gasteiger partial charge >= 0.3 is 0 Å². The molecule has 3 rings (SSSR count). The van der Waals surface area contributed by atoms with Crippen LogP contribution in [-0.2, 0) is 6.54 Å². The molecule has 0 atom stereocenters. The Labute approximate surface area is 171 Å². The predicted molar refractivity (Wildman–Crippen MR) is 117 cm³/mol. The first-order chi connectivity index (χ1) is 13.6. The highest BCUT2D eigenvalue weighted by molar-refractivity contribution is 6.30. The number of halogens is 1. The molecule has 0 fully saturated rings. The van der Waals surface area contributed by atoms with Crippen molar-refractivity contribution in [3.8, 4) is 0 Å². The quantitative estimate of drug-likeness (QED) is 0.556. The number of aryl methyl sites for hydroxylation is 1. The number of hydrogen-bond donors (Lipinski definition) is 2. The van der Waals surface area contributed by atoms with Crippen LogP contribution >= 0.6 is 11.6 Å². The molecule has 0 unspecified atom stereocenters. The van der Waals surface area contributed by atoms with E-state index in [4.69, 9.17) is 11.6 Å². The summed E-state index contributed by atoms with van der Waals surface area (Å²) in [6.45, 7) is 8.99. The van der Waals surface area contributed by atoms with Crippen LogP contribution in [0.15, 0.2) is 48.7 Å². The van der Waals surface area contributed by atoms with Crippen molar-refractivity contribution >= 4 is 34.7 Å². The summed E-state index contributed by atoms with van der Waals surface area (Å²) in [5.41, 5.74) is 4.42. The van der Waals surface area contributed by atoms with Gasteiger partial charge in [0.1, 0.15) is 0 Å². The van der Waals surface area contributed by atoms with E-state index in [1.807, 2.05) is 24.3 Å². The summed E-state index contributed by atoms with van der Waals surface area (Å²) in [7, 11) is 0. The second kappa shape index (κ2) is 9.37. The minimum absolute atomic E-state index is 0.458. The van der Waals surface area contributed by atoms with E-state index in [0.717, 1.165) is 34.9 Å². The second-order valence-electron chi connectivity index (χ2n) is 6.44. The maximum atomic E-state index is 5.92. The molecule has 0 bridgehead atoms. The van der Waals surface area contributed by atoms with Crippen LogP contribution in [0.2, 0.25) is 5.02 Å². The fraction of sp³-hybridized carbons (Fsp3) is 0.286. The number of benzene rings is 2. The molecule has 146 valence electrons. The van der Waals surface area contributed by atoms with Crippen LogP contribution in [0.5, 0.6) is 0 Å². The van der Waals surface area contributed by atoms with Crippen LogP contribution in [-0.4, -0.2) is 28.3 Å². The van der Waals surface area contributed by atoms with E-state index in [1.54, 1.807) is 6.20 Å². The lowest BCUT2D eigenvalue weighted by Crippen LogP contribution is -2.21. The Balaban J connectivity index is 1.68. The molecule has 0 spiro atoms. The number of hydrogen-bond acceptors (Lipinski definition) is 6. The van der Waals surface area contributed by atoms with E-state index in [0.29, 0.717) is 18.3 Å². The summed E-state index contributed by atoms with van der Waals surface area (Å²) in [5.74, 6) is 1.12. The van der Waals surface area contributed by atoms with Crippen LogP contribution < -0.4 is 15.5 Å². The van der Waals surface area contributed by atoms with Crippen LogP contribution in [0.1, 0.15) is 25.0 Å². The molecule has 2 N–H and O–H groups in total. The molecule has 0 saturated heterocycles. The van der Waals surface area contributed by atoms with E-state index in [-0.39, 0.29) is 0 Å². The number of nitrogens with zero attached hydrogens (tertiary/aromatic N) is 4. The zero-order chi connectivity index (χ0) is 19.9. The van der Waals surface area contributed by atoms with E-state index in [1.165, 1.54) is 5.69 Å². The molecule has 0 saturated carbocycles. The normalized spacial score (nSPS) is 10.6. The molecule has 0 aliphatic rings. The van der Waals surface area contributed by atoms with Crippen molar-refractivity contribution in [2.75, 3.05) is 28.6 Å². The SMILES string of the molecule is CCN(CC)c1ccc(Nc2nncc(NCc3ccc(Cl)cc3)n2)c(C)c1. The van der Waals surface area contributed by atoms with Gasteiger partial charge in [-0.25, -0.2) is 0 Å². The number of anilines is 4. The lowest BCUT2D eigenvalue weighted by Gasteiger charge is -2.22. The number of rotatable bonds is 8. The molecule has 2 aromatic carbocycles. The molecule has 0 amide bonds. The largest absolute Gasteiger partial charge is 0.372 e. The van der Waals surface area contributed by atoms with Crippen molar-refractivity contribution in [1.29, 1.82) is 0 Å². The van der Waals surface area contributed by atoms with Gasteiger partial charge in [0.2, 0.25) is 5.95 Å². The molecule has 28 heavy (non-hydrogen) atoms. The first-order valence-corrected chi connectivity index (χ1v) is 9.77. The second-order valence-corrected chi connectivity index (χ2v) is 6.88. The Morgan fingerprint density at radius 1 is 1.04 bits per heavy atom. The summed E-state index contributed by atoms with van der Waals surface area (Å²) in [4.78, 5) is 6.81. The topological polar surface area (TPSA) is 66.0 Å². The van der Waals surface area contributed by atoms with Gasteiger partial charge in [0.25, 0.3) is 0 Å². The summed E-state index contributed by atoms with van der Waals surface area (Å²) >= 11 is 5.92. The summed E-state index contributed by atoms with van der Waals surface area (Å²) in [5, 5.41) is 15.4. The Bertz CT molecular complexity index is 909. The van der Waals surface area contributed by atoms with Gasteiger partial charge in [-0.3, -0.25) is 0 Å². The Kier molecular flexibility index (Phi) is 6.66. The average Bonchev–Trinajstić information content (AvgIpc) is 2.71. The molecule has 1 aromatic heterocycles. The van der Waals surface area contributed by atoms with Crippen molar-refractivity contribution in [2.45, 2.75) is 27.3 Å². The minimum Gasteiger partial charge on any atom is -0.372 e. The van der Waals surface area contributed by atoms with Gasteiger partial charge in [0, 0.05) is 36.0 Å². The average molecular weight is 397 g/mol. The van der Waals surface area contributed by atoms with Crippen molar-refractivity contribution < 1.29 is 0 Å². The Morgan fingerprint density at radius 2 is 1.79 bits per heavy atom. The van der Waals surface area contributed by atoms with E-state index < -0.39 is 0 Å². The van der Waals surface area contributed by atoms with E-state index in [9.17, 15) is 0 Å². The first kappa shape index (κ1) is 19.9. The molecule has 3 aromatic rings. The lowest BCUT2D eigenvalue weighted by molar-refractivity contribution is 0.865. The van der Waals surface area contributed by atoms with Gasteiger partial charge in [-0.05, 0) is 62.2 Å². The highest BCUT2D eigenvalue weighted by atomic mass is 35.5. The monoisotopic (exact) mass is 396 g/mol. The molecule has 7 heteroatoms.